The van der Waals surface area contributed by atoms with Crippen LogP contribution >= 0.6 is 27.7 Å². The number of carbonyl (C=O) groups is 1. The Morgan fingerprint density at radius 2 is 2.21 bits per heavy atom. The van der Waals surface area contributed by atoms with Crippen molar-refractivity contribution in [2.75, 3.05) is 18.8 Å². The fourth-order valence-electron chi connectivity index (χ4n) is 3.34. The number of rotatable bonds is 3. The molecule has 1 saturated heterocycles. The molecule has 1 aromatic carbocycles. The Hall–Kier alpha value is -1.07. The van der Waals surface area contributed by atoms with Crippen LogP contribution in [0.1, 0.15) is 42.2 Å². The average molecular weight is 407 g/mol. The summed E-state index contributed by atoms with van der Waals surface area (Å²) in [6.07, 6.45) is 3.52. The van der Waals surface area contributed by atoms with Crippen LogP contribution in [0.25, 0.3) is 10.9 Å². The van der Waals surface area contributed by atoms with Crippen LogP contribution in [-0.4, -0.2) is 39.9 Å². The van der Waals surface area contributed by atoms with Crippen molar-refractivity contribution in [1.82, 2.24) is 9.88 Å². The molecule has 1 amide bonds. The predicted molar refractivity (Wildman–Crippen MR) is 106 cm³/mol. The van der Waals surface area contributed by atoms with E-state index in [9.17, 15) is 4.79 Å². The normalized spacial score (nSPS) is 18.6. The molecule has 1 unspecified atom stereocenters. The van der Waals surface area contributed by atoms with Gasteiger partial charge in [0.05, 0.1) is 11.1 Å². The maximum absolute atomic E-state index is 13.3. The number of nitrogens with zero attached hydrogens (tertiary/aromatic N) is 2. The monoisotopic (exact) mass is 406 g/mol. The zero-order valence-corrected chi connectivity index (χ0v) is 16.6. The topological polar surface area (TPSA) is 33.2 Å². The zero-order chi connectivity index (χ0) is 17.1. The molecule has 3 nitrogen and oxygen atoms in total. The van der Waals surface area contributed by atoms with E-state index in [0.29, 0.717) is 5.25 Å². The SMILES string of the molecule is CCSC1CCCCN(C(=O)c2cc(C)nc3ccc(Br)cc23)C1. The Labute approximate surface area is 156 Å². The highest BCUT2D eigenvalue weighted by molar-refractivity contribution is 9.10. The van der Waals surface area contributed by atoms with Crippen LogP contribution in [-0.2, 0) is 0 Å². The van der Waals surface area contributed by atoms with E-state index in [-0.39, 0.29) is 5.91 Å². The van der Waals surface area contributed by atoms with Gasteiger partial charge < -0.3 is 4.90 Å². The standard InChI is InChI=1S/C19H23BrN2OS/c1-3-24-15-6-4-5-9-22(12-15)19(23)17-10-13(2)21-18-8-7-14(20)11-16(17)18/h7-8,10-11,15H,3-6,9,12H2,1-2H3. The second-order valence-electron chi connectivity index (χ2n) is 6.30. The van der Waals surface area contributed by atoms with Gasteiger partial charge in [-0.3, -0.25) is 9.78 Å². The third-order valence-corrected chi connectivity index (χ3v) is 6.13. The molecule has 0 saturated carbocycles. The first kappa shape index (κ1) is 17.7. The molecule has 0 bridgehead atoms. The Balaban J connectivity index is 1.96. The van der Waals surface area contributed by atoms with E-state index < -0.39 is 0 Å². The molecule has 24 heavy (non-hydrogen) atoms. The fraction of sp³-hybridized carbons (Fsp3) is 0.474. The number of fused-ring (bicyclic) bond motifs is 1. The van der Waals surface area contributed by atoms with Gasteiger partial charge in [-0.25, -0.2) is 0 Å². The van der Waals surface area contributed by atoms with Crippen LogP contribution in [0, 0.1) is 6.92 Å². The molecule has 5 heteroatoms. The maximum atomic E-state index is 13.3. The Morgan fingerprint density at radius 3 is 3.00 bits per heavy atom. The highest BCUT2D eigenvalue weighted by atomic mass is 79.9. The first-order chi connectivity index (χ1) is 11.6. The summed E-state index contributed by atoms with van der Waals surface area (Å²) >= 11 is 5.49. The van der Waals surface area contributed by atoms with Crippen molar-refractivity contribution >= 4 is 44.5 Å². The largest absolute Gasteiger partial charge is 0.338 e. The number of amides is 1. The average Bonchev–Trinajstić information content (AvgIpc) is 2.80. The summed E-state index contributed by atoms with van der Waals surface area (Å²) in [7, 11) is 0. The second kappa shape index (κ2) is 7.87. The van der Waals surface area contributed by atoms with Crippen molar-refractivity contribution in [3.63, 3.8) is 0 Å². The number of carbonyl (C=O) groups excluding carboxylic acids is 1. The van der Waals surface area contributed by atoms with E-state index in [1.54, 1.807) is 0 Å². The minimum atomic E-state index is 0.146. The van der Waals surface area contributed by atoms with Gasteiger partial charge in [0.2, 0.25) is 0 Å². The minimum Gasteiger partial charge on any atom is -0.338 e. The number of aromatic nitrogens is 1. The van der Waals surface area contributed by atoms with Gasteiger partial charge in [0.15, 0.2) is 0 Å². The third kappa shape index (κ3) is 3.94. The lowest BCUT2D eigenvalue weighted by atomic mass is 10.1. The Kier molecular flexibility index (Phi) is 5.82. The van der Waals surface area contributed by atoms with E-state index in [0.717, 1.165) is 51.9 Å². The van der Waals surface area contributed by atoms with Gasteiger partial charge in [-0.15, -0.1) is 0 Å². The molecule has 1 aromatic heterocycles. The molecule has 2 heterocycles. The van der Waals surface area contributed by atoms with Crippen molar-refractivity contribution in [1.29, 1.82) is 0 Å². The lowest BCUT2D eigenvalue weighted by molar-refractivity contribution is 0.0765. The van der Waals surface area contributed by atoms with Crippen LogP contribution in [0.5, 0.6) is 0 Å². The number of hydrogen-bond donors (Lipinski definition) is 0. The first-order valence-electron chi connectivity index (χ1n) is 8.56. The van der Waals surface area contributed by atoms with Gasteiger partial charge >= 0.3 is 0 Å². The molecular weight excluding hydrogens is 384 g/mol. The van der Waals surface area contributed by atoms with Crippen molar-refractivity contribution in [3.8, 4) is 0 Å². The molecule has 1 atom stereocenters. The zero-order valence-electron chi connectivity index (χ0n) is 14.2. The number of halogens is 1. The van der Waals surface area contributed by atoms with Gasteiger partial charge in [-0.1, -0.05) is 29.3 Å². The quantitative estimate of drug-likeness (QED) is 0.714. The summed E-state index contributed by atoms with van der Waals surface area (Å²) in [4.78, 5) is 19.9. The summed E-state index contributed by atoms with van der Waals surface area (Å²) in [5.41, 5.74) is 2.55. The van der Waals surface area contributed by atoms with E-state index in [2.05, 4.69) is 32.7 Å². The summed E-state index contributed by atoms with van der Waals surface area (Å²) < 4.78 is 0.977. The van der Waals surface area contributed by atoms with Crippen LogP contribution in [0.4, 0.5) is 0 Å². The van der Waals surface area contributed by atoms with Gasteiger partial charge in [-0.2, -0.15) is 11.8 Å². The number of hydrogen-bond acceptors (Lipinski definition) is 3. The van der Waals surface area contributed by atoms with Gasteiger partial charge in [0.25, 0.3) is 5.91 Å². The van der Waals surface area contributed by atoms with E-state index in [4.69, 9.17) is 0 Å². The molecule has 0 spiro atoms. The number of likely N-dealkylation sites (tertiary alicyclic amines) is 1. The highest BCUT2D eigenvalue weighted by Gasteiger charge is 2.24. The van der Waals surface area contributed by atoms with Gasteiger partial charge in [-0.05, 0) is 49.8 Å². The molecule has 1 aliphatic rings. The summed E-state index contributed by atoms with van der Waals surface area (Å²) in [6.45, 7) is 5.86. The van der Waals surface area contributed by atoms with E-state index in [1.807, 2.05) is 43.0 Å². The van der Waals surface area contributed by atoms with Crippen molar-refractivity contribution < 1.29 is 4.79 Å². The van der Waals surface area contributed by atoms with Gasteiger partial charge in [0, 0.05) is 33.9 Å². The third-order valence-electron chi connectivity index (χ3n) is 4.45. The lowest BCUT2D eigenvalue weighted by Crippen LogP contribution is -2.35. The molecule has 0 radical (unpaired) electrons. The van der Waals surface area contributed by atoms with Crippen LogP contribution in [0.2, 0.25) is 0 Å². The molecule has 1 fully saturated rings. The predicted octanol–water partition coefficient (Wildman–Crippen LogP) is 5.05. The minimum absolute atomic E-state index is 0.146. The highest BCUT2D eigenvalue weighted by Crippen LogP contribution is 2.27. The molecule has 0 aliphatic carbocycles. The smallest absolute Gasteiger partial charge is 0.254 e. The number of pyridine rings is 1. The molecule has 2 aromatic rings. The van der Waals surface area contributed by atoms with Crippen LogP contribution in [0.15, 0.2) is 28.7 Å². The van der Waals surface area contributed by atoms with Crippen LogP contribution < -0.4 is 0 Å². The summed E-state index contributed by atoms with van der Waals surface area (Å²) in [5, 5.41) is 1.49. The number of benzene rings is 1. The van der Waals surface area contributed by atoms with E-state index >= 15 is 0 Å². The molecule has 1 aliphatic heterocycles. The first-order valence-corrected chi connectivity index (χ1v) is 10.4. The van der Waals surface area contributed by atoms with Crippen molar-refractivity contribution in [3.05, 3.63) is 40.0 Å². The summed E-state index contributed by atoms with van der Waals surface area (Å²) in [6, 6.07) is 7.89. The summed E-state index contributed by atoms with van der Waals surface area (Å²) in [5.74, 6) is 1.25. The fourth-order valence-corrected chi connectivity index (χ4v) is 4.79. The van der Waals surface area contributed by atoms with E-state index in [1.165, 1.54) is 12.8 Å². The molecule has 3 rings (SSSR count). The maximum Gasteiger partial charge on any atom is 0.254 e. The number of aryl methyl sites for hydroxylation is 1. The lowest BCUT2D eigenvalue weighted by Gasteiger charge is -2.25. The van der Waals surface area contributed by atoms with Crippen molar-refractivity contribution in [2.24, 2.45) is 0 Å². The molecular formula is C19H23BrN2OS. The Bertz CT molecular complexity index is 749. The van der Waals surface area contributed by atoms with Crippen LogP contribution in [0.3, 0.4) is 0 Å². The molecule has 0 N–H and O–H groups in total. The second-order valence-corrected chi connectivity index (χ2v) is 8.79. The molecule has 128 valence electrons. The Morgan fingerprint density at radius 1 is 1.38 bits per heavy atom. The van der Waals surface area contributed by atoms with Gasteiger partial charge in [0.1, 0.15) is 0 Å². The number of thioether (sulfide) groups is 1. The van der Waals surface area contributed by atoms with Crippen molar-refractivity contribution in [2.45, 2.75) is 38.4 Å².